The maximum absolute atomic E-state index is 5.70. The highest BCUT2D eigenvalue weighted by Gasteiger charge is 2.33. The zero-order valence-corrected chi connectivity index (χ0v) is 9.79. The average molecular weight is 218 g/mol. The van der Waals surface area contributed by atoms with Crippen LogP contribution in [0, 0.1) is 0 Å². The number of fused-ring (bicyclic) bond motifs is 1. The van der Waals surface area contributed by atoms with Gasteiger partial charge < -0.3 is 9.47 Å². The molecule has 1 aliphatic carbocycles. The first-order valence-electron chi connectivity index (χ1n) is 6.18. The minimum Gasteiger partial charge on any atom is -0.344 e. The van der Waals surface area contributed by atoms with E-state index in [9.17, 15) is 0 Å². The molecule has 1 fully saturated rings. The third-order valence-electron chi connectivity index (χ3n) is 3.71. The zero-order valence-electron chi connectivity index (χ0n) is 9.79. The fraction of sp³-hybridized carbons (Fsp3) is 0.571. The maximum atomic E-state index is 5.70. The SMILES string of the molecule is CC1(c2ccc3c(c2)CCCC3)OCCO1. The smallest absolute Gasteiger partial charge is 0.192 e. The van der Waals surface area contributed by atoms with E-state index in [-0.39, 0.29) is 0 Å². The van der Waals surface area contributed by atoms with Crippen molar-refractivity contribution in [1.29, 1.82) is 0 Å². The van der Waals surface area contributed by atoms with E-state index in [4.69, 9.17) is 9.47 Å². The second-order valence-corrected chi connectivity index (χ2v) is 4.83. The molecule has 1 saturated heterocycles. The molecule has 0 atom stereocenters. The monoisotopic (exact) mass is 218 g/mol. The Hall–Kier alpha value is -0.860. The van der Waals surface area contributed by atoms with E-state index in [0.717, 1.165) is 0 Å². The van der Waals surface area contributed by atoms with Crippen LogP contribution in [0.2, 0.25) is 0 Å². The highest BCUT2D eigenvalue weighted by Crippen LogP contribution is 2.33. The van der Waals surface area contributed by atoms with Crippen molar-refractivity contribution in [3.8, 4) is 0 Å². The number of rotatable bonds is 1. The van der Waals surface area contributed by atoms with E-state index in [0.29, 0.717) is 13.2 Å². The van der Waals surface area contributed by atoms with Crippen molar-refractivity contribution in [2.75, 3.05) is 13.2 Å². The van der Waals surface area contributed by atoms with Crippen molar-refractivity contribution >= 4 is 0 Å². The molecule has 0 saturated carbocycles. The van der Waals surface area contributed by atoms with E-state index in [1.54, 1.807) is 0 Å². The minimum absolute atomic E-state index is 0.507. The van der Waals surface area contributed by atoms with Crippen LogP contribution >= 0.6 is 0 Å². The molecule has 1 aliphatic heterocycles. The summed E-state index contributed by atoms with van der Waals surface area (Å²) < 4.78 is 11.4. The van der Waals surface area contributed by atoms with Gasteiger partial charge in [-0.15, -0.1) is 0 Å². The molecule has 0 amide bonds. The van der Waals surface area contributed by atoms with Gasteiger partial charge in [0.05, 0.1) is 13.2 Å². The van der Waals surface area contributed by atoms with Crippen LogP contribution in [0.1, 0.15) is 36.5 Å². The number of hydrogen-bond donors (Lipinski definition) is 0. The summed E-state index contributed by atoms with van der Waals surface area (Å²) >= 11 is 0. The van der Waals surface area contributed by atoms with Crippen LogP contribution in [0.25, 0.3) is 0 Å². The number of aryl methyl sites for hydroxylation is 2. The summed E-state index contributed by atoms with van der Waals surface area (Å²) in [5.74, 6) is -0.507. The molecule has 0 N–H and O–H groups in total. The lowest BCUT2D eigenvalue weighted by molar-refractivity contribution is -0.149. The first kappa shape index (κ1) is 10.3. The van der Waals surface area contributed by atoms with Crippen LogP contribution in [-0.4, -0.2) is 13.2 Å². The molecule has 0 unspecified atom stereocenters. The van der Waals surface area contributed by atoms with Gasteiger partial charge in [-0.05, 0) is 43.7 Å². The molecule has 2 nitrogen and oxygen atoms in total. The van der Waals surface area contributed by atoms with Gasteiger partial charge >= 0.3 is 0 Å². The second kappa shape index (κ2) is 3.86. The first-order chi connectivity index (χ1) is 7.78. The predicted molar refractivity (Wildman–Crippen MR) is 62.3 cm³/mol. The molecule has 86 valence electrons. The van der Waals surface area contributed by atoms with Crippen LogP contribution < -0.4 is 0 Å². The van der Waals surface area contributed by atoms with Crippen molar-refractivity contribution < 1.29 is 9.47 Å². The number of benzene rings is 1. The molecular weight excluding hydrogens is 200 g/mol. The standard InChI is InChI=1S/C14H18O2/c1-14(15-8-9-16-14)13-7-6-11-4-2-3-5-12(11)10-13/h6-7,10H,2-5,8-9H2,1H3. The first-order valence-corrected chi connectivity index (χ1v) is 6.18. The van der Waals surface area contributed by atoms with Gasteiger partial charge in [0.15, 0.2) is 5.79 Å². The van der Waals surface area contributed by atoms with Gasteiger partial charge in [-0.25, -0.2) is 0 Å². The summed E-state index contributed by atoms with van der Waals surface area (Å²) in [4.78, 5) is 0. The molecule has 1 aromatic carbocycles. The van der Waals surface area contributed by atoms with Crippen LogP contribution in [-0.2, 0) is 28.1 Å². The molecule has 0 spiro atoms. The Balaban J connectivity index is 1.96. The summed E-state index contributed by atoms with van der Waals surface area (Å²) in [7, 11) is 0. The fourth-order valence-corrected chi connectivity index (χ4v) is 2.70. The van der Waals surface area contributed by atoms with Crippen molar-refractivity contribution in [2.24, 2.45) is 0 Å². The minimum atomic E-state index is -0.507. The highest BCUT2D eigenvalue weighted by molar-refractivity contribution is 5.35. The quantitative estimate of drug-likeness (QED) is 0.721. The lowest BCUT2D eigenvalue weighted by atomic mass is 9.89. The molecule has 0 aromatic heterocycles. The Bertz CT molecular complexity index is 392. The highest BCUT2D eigenvalue weighted by atomic mass is 16.7. The summed E-state index contributed by atoms with van der Waals surface area (Å²) in [6.45, 7) is 3.42. The third-order valence-corrected chi connectivity index (χ3v) is 3.71. The molecule has 1 heterocycles. The molecule has 0 radical (unpaired) electrons. The van der Waals surface area contributed by atoms with Gasteiger partial charge in [0, 0.05) is 5.56 Å². The Morgan fingerprint density at radius 2 is 1.69 bits per heavy atom. The van der Waals surface area contributed by atoms with Gasteiger partial charge in [-0.3, -0.25) is 0 Å². The average Bonchev–Trinajstić information content (AvgIpc) is 2.77. The summed E-state index contributed by atoms with van der Waals surface area (Å²) in [6, 6.07) is 6.69. The molecule has 16 heavy (non-hydrogen) atoms. The van der Waals surface area contributed by atoms with E-state index in [2.05, 4.69) is 18.2 Å². The number of hydrogen-bond acceptors (Lipinski definition) is 2. The van der Waals surface area contributed by atoms with Crippen LogP contribution in [0.4, 0.5) is 0 Å². The molecule has 1 aromatic rings. The number of ether oxygens (including phenoxy) is 2. The van der Waals surface area contributed by atoms with E-state index >= 15 is 0 Å². The Morgan fingerprint density at radius 3 is 2.44 bits per heavy atom. The van der Waals surface area contributed by atoms with Crippen molar-refractivity contribution in [3.63, 3.8) is 0 Å². The van der Waals surface area contributed by atoms with Gasteiger partial charge in [0.2, 0.25) is 0 Å². The molecule has 2 heteroatoms. The van der Waals surface area contributed by atoms with Gasteiger partial charge in [0.1, 0.15) is 0 Å². The van der Waals surface area contributed by atoms with Gasteiger partial charge in [0.25, 0.3) is 0 Å². The van der Waals surface area contributed by atoms with Crippen LogP contribution in [0.3, 0.4) is 0 Å². The lowest BCUT2D eigenvalue weighted by Crippen LogP contribution is -2.23. The fourth-order valence-electron chi connectivity index (χ4n) is 2.70. The largest absolute Gasteiger partial charge is 0.344 e. The van der Waals surface area contributed by atoms with Crippen LogP contribution in [0.15, 0.2) is 18.2 Å². The lowest BCUT2D eigenvalue weighted by Gasteiger charge is -2.25. The van der Waals surface area contributed by atoms with Crippen molar-refractivity contribution in [2.45, 2.75) is 38.4 Å². The predicted octanol–water partition coefficient (Wildman–Crippen LogP) is 2.78. The Morgan fingerprint density at radius 1 is 1.00 bits per heavy atom. The Labute approximate surface area is 96.6 Å². The van der Waals surface area contributed by atoms with Crippen molar-refractivity contribution in [3.05, 3.63) is 34.9 Å². The molecule has 0 bridgehead atoms. The topological polar surface area (TPSA) is 18.5 Å². The molecular formula is C14H18O2. The van der Waals surface area contributed by atoms with Crippen molar-refractivity contribution in [1.82, 2.24) is 0 Å². The van der Waals surface area contributed by atoms with E-state index in [1.165, 1.54) is 42.4 Å². The summed E-state index contributed by atoms with van der Waals surface area (Å²) in [6.07, 6.45) is 5.08. The van der Waals surface area contributed by atoms with Gasteiger partial charge in [-0.2, -0.15) is 0 Å². The zero-order chi connectivity index (χ0) is 11.0. The van der Waals surface area contributed by atoms with E-state index < -0.39 is 5.79 Å². The third kappa shape index (κ3) is 1.66. The molecule has 3 rings (SSSR count). The summed E-state index contributed by atoms with van der Waals surface area (Å²) in [5, 5.41) is 0. The molecule has 2 aliphatic rings. The maximum Gasteiger partial charge on any atom is 0.192 e. The van der Waals surface area contributed by atoms with E-state index in [1.807, 2.05) is 6.92 Å². The summed E-state index contributed by atoms with van der Waals surface area (Å²) in [5.41, 5.74) is 4.17. The van der Waals surface area contributed by atoms with Crippen LogP contribution in [0.5, 0.6) is 0 Å². The second-order valence-electron chi connectivity index (χ2n) is 4.83. The normalized spacial score (nSPS) is 23.1. The Kier molecular flexibility index (Phi) is 2.49. The van der Waals surface area contributed by atoms with Gasteiger partial charge in [-0.1, -0.05) is 18.2 Å².